The van der Waals surface area contributed by atoms with Crippen LogP contribution in [0.4, 0.5) is 23.4 Å². The van der Waals surface area contributed by atoms with Crippen molar-refractivity contribution < 1.29 is 27.1 Å². The number of likely N-dealkylation sites (N-methyl/N-ethyl adjacent to an activating group) is 1. The number of rotatable bonds is 2. The molecule has 0 aliphatic carbocycles. The van der Waals surface area contributed by atoms with Crippen LogP contribution in [0.25, 0.3) is 16.6 Å². The molecule has 5 rings (SSSR count). The first kappa shape index (κ1) is 22.1. The Bertz CT molecular complexity index is 1450. The van der Waals surface area contributed by atoms with E-state index in [4.69, 9.17) is 10.5 Å². The molecule has 0 bridgehead atoms. The van der Waals surface area contributed by atoms with E-state index in [1.165, 1.54) is 36.6 Å². The molecular formula is C23H19F4N5O2. The van der Waals surface area contributed by atoms with E-state index in [-0.39, 0.29) is 23.5 Å². The maximum absolute atomic E-state index is 15.0. The molecule has 1 aliphatic rings. The average Bonchev–Trinajstić information content (AvgIpc) is 3.28. The molecule has 34 heavy (non-hydrogen) atoms. The molecule has 2 N–H and O–H groups in total. The van der Waals surface area contributed by atoms with Gasteiger partial charge in [-0.25, -0.2) is 14.4 Å². The van der Waals surface area contributed by atoms with Crippen LogP contribution in [0, 0.1) is 5.82 Å². The summed E-state index contributed by atoms with van der Waals surface area (Å²) < 4.78 is 61.9. The maximum Gasteiger partial charge on any atom is 0.416 e. The minimum Gasteiger partial charge on any atom is -0.382 e. The van der Waals surface area contributed by atoms with Gasteiger partial charge in [-0.2, -0.15) is 13.2 Å². The van der Waals surface area contributed by atoms with E-state index in [9.17, 15) is 22.4 Å². The summed E-state index contributed by atoms with van der Waals surface area (Å²) in [5.41, 5.74) is 6.94. The van der Waals surface area contributed by atoms with Gasteiger partial charge in [0.1, 0.15) is 17.2 Å². The zero-order valence-electron chi connectivity index (χ0n) is 18.1. The molecule has 7 nitrogen and oxygen atoms in total. The molecule has 0 saturated carbocycles. The van der Waals surface area contributed by atoms with Crippen molar-refractivity contribution in [1.82, 2.24) is 19.3 Å². The number of nitrogens with two attached hydrogens (primary N) is 1. The number of carbonyl (C=O) groups excluding carboxylic acids is 1. The van der Waals surface area contributed by atoms with Gasteiger partial charge in [-0.15, -0.1) is 0 Å². The number of imidazole rings is 1. The topological polar surface area (TPSA) is 85.8 Å². The van der Waals surface area contributed by atoms with Crippen LogP contribution in [0.2, 0.25) is 0 Å². The van der Waals surface area contributed by atoms with E-state index in [0.29, 0.717) is 22.2 Å². The molecule has 1 amide bonds. The van der Waals surface area contributed by atoms with Gasteiger partial charge in [-0.1, -0.05) is 6.07 Å². The van der Waals surface area contributed by atoms with Crippen molar-refractivity contribution in [2.75, 3.05) is 19.4 Å². The number of aromatic nitrogens is 3. The quantitative estimate of drug-likeness (QED) is 0.433. The molecule has 1 aliphatic heterocycles. The van der Waals surface area contributed by atoms with E-state index in [2.05, 4.69) is 9.97 Å². The van der Waals surface area contributed by atoms with Gasteiger partial charge in [0.15, 0.2) is 0 Å². The van der Waals surface area contributed by atoms with Crippen LogP contribution in [-0.4, -0.2) is 38.8 Å². The van der Waals surface area contributed by atoms with Crippen LogP contribution < -0.4 is 5.73 Å². The Morgan fingerprint density at radius 3 is 2.71 bits per heavy atom. The lowest BCUT2D eigenvalue weighted by Crippen LogP contribution is -2.37. The van der Waals surface area contributed by atoms with Gasteiger partial charge in [-0.05, 0) is 36.2 Å². The van der Waals surface area contributed by atoms with Gasteiger partial charge in [0, 0.05) is 13.1 Å². The standard InChI is InChI=1S/C23H19F4N5O2/c1-11-14-5-12(23(25,26)27)3-4-13(14)20(9-34-11)31(2)22(33)15-6-18-17(7-16(15)24)30-21(28)19-8-29-10-32(18)19/h3-8,10-11,20H,9H2,1-2H3,(H2,28,30)/t11-,20?/m1/s1. The smallest absolute Gasteiger partial charge is 0.382 e. The average molecular weight is 473 g/mol. The van der Waals surface area contributed by atoms with Crippen LogP contribution in [0.5, 0.6) is 0 Å². The van der Waals surface area contributed by atoms with E-state index >= 15 is 0 Å². The van der Waals surface area contributed by atoms with Crippen LogP contribution in [-0.2, 0) is 10.9 Å². The van der Waals surface area contributed by atoms with E-state index in [0.717, 1.165) is 18.2 Å². The number of halogens is 4. The Morgan fingerprint density at radius 2 is 1.97 bits per heavy atom. The Kier molecular flexibility index (Phi) is 4.97. The molecule has 4 aromatic rings. The summed E-state index contributed by atoms with van der Waals surface area (Å²) in [6.45, 7) is 1.70. The van der Waals surface area contributed by atoms with Gasteiger partial charge in [-0.3, -0.25) is 9.20 Å². The van der Waals surface area contributed by atoms with Crippen molar-refractivity contribution in [2.24, 2.45) is 0 Å². The van der Waals surface area contributed by atoms with Crippen molar-refractivity contribution in [3.8, 4) is 0 Å². The van der Waals surface area contributed by atoms with Crippen molar-refractivity contribution in [1.29, 1.82) is 0 Å². The van der Waals surface area contributed by atoms with E-state index in [1.807, 2.05) is 0 Å². The lowest BCUT2D eigenvalue weighted by atomic mass is 9.91. The van der Waals surface area contributed by atoms with Gasteiger partial charge in [0.25, 0.3) is 5.91 Å². The van der Waals surface area contributed by atoms with Crippen molar-refractivity contribution in [3.05, 3.63) is 70.9 Å². The predicted octanol–water partition coefficient (Wildman–Crippen LogP) is 4.53. The van der Waals surface area contributed by atoms with Gasteiger partial charge >= 0.3 is 6.18 Å². The molecule has 2 aromatic heterocycles. The van der Waals surface area contributed by atoms with Crippen LogP contribution in [0.15, 0.2) is 42.9 Å². The normalized spacial score (nSPS) is 18.3. The van der Waals surface area contributed by atoms with Crippen LogP contribution in [0.1, 0.15) is 46.1 Å². The van der Waals surface area contributed by atoms with Gasteiger partial charge in [0.05, 0.1) is 53.4 Å². The number of amides is 1. The largest absolute Gasteiger partial charge is 0.416 e. The maximum atomic E-state index is 15.0. The molecule has 11 heteroatoms. The Morgan fingerprint density at radius 1 is 1.21 bits per heavy atom. The number of hydrogen-bond donors (Lipinski definition) is 1. The first-order chi connectivity index (χ1) is 16.1. The fourth-order valence-corrected chi connectivity index (χ4v) is 4.33. The highest BCUT2D eigenvalue weighted by Gasteiger charge is 2.36. The number of alkyl halides is 3. The monoisotopic (exact) mass is 473 g/mol. The highest BCUT2D eigenvalue weighted by atomic mass is 19.4. The number of nitrogens with zero attached hydrogens (tertiary/aromatic N) is 4. The molecule has 3 heterocycles. The summed E-state index contributed by atoms with van der Waals surface area (Å²) in [6.07, 6.45) is -2.10. The Balaban J connectivity index is 1.56. The second-order valence-electron chi connectivity index (χ2n) is 8.22. The van der Waals surface area contributed by atoms with Crippen LogP contribution >= 0.6 is 0 Å². The summed E-state index contributed by atoms with van der Waals surface area (Å²) in [7, 11) is 1.46. The van der Waals surface area contributed by atoms with Crippen molar-refractivity contribution >= 4 is 28.3 Å². The third-order valence-corrected chi connectivity index (χ3v) is 6.20. The highest BCUT2D eigenvalue weighted by Crippen LogP contribution is 2.39. The molecule has 0 spiro atoms. The number of ether oxygens (including phenoxy) is 1. The fourth-order valence-electron chi connectivity index (χ4n) is 4.33. The van der Waals surface area contributed by atoms with E-state index in [1.54, 1.807) is 11.3 Å². The molecule has 0 fully saturated rings. The zero-order chi connectivity index (χ0) is 24.4. The first-order valence-electron chi connectivity index (χ1n) is 10.4. The second-order valence-corrected chi connectivity index (χ2v) is 8.22. The minimum atomic E-state index is -4.51. The molecule has 1 unspecified atom stereocenters. The molecular weight excluding hydrogens is 454 g/mol. The summed E-state index contributed by atoms with van der Waals surface area (Å²) in [4.78, 5) is 22.8. The number of fused-ring (bicyclic) bond motifs is 4. The van der Waals surface area contributed by atoms with Crippen LogP contribution in [0.3, 0.4) is 0 Å². The zero-order valence-corrected chi connectivity index (χ0v) is 18.1. The van der Waals surface area contributed by atoms with Gasteiger partial charge in [0.2, 0.25) is 0 Å². The summed E-state index contributed by atoms with van der Waals surface area (Å²) in [6, 6.07) is 5.15. The molecule has 0 radical (unpaired) electrons. The highest BCUT2D eigenvalue weighted by molar-refractivity contribution is 5.98. The third-order valence-electron chi connectivity index (χ3n) is 6.20. The molecule has 2 atom stereocenters. The molecule has 2 aromatic carbocycles. The van der Waals surface area contributed by atoms with Gasteiger partial charge < -0.3 is 15.4 Å². The lowest BCUT2D eigenvalue weighted by molar-refractivity contribution is -0.137. The number of hydrogen-bond acceptors (Lipinski definition) is 5. The molecule has 0 saturated heterocycles. The van der Waals surface area contributed by atoms with Crippen molar-refractivity contribution in [2.45, 2.75) is 25.2 Å². The van der Waals surface area contributed by atoms with Crippen molar-refractivity contribution in [3.63, 3.8) is 0 Å². The number of benzene rings is 2. The predicted molar refractivity (Wildman–Crippen MR) is 116 cm³/mol. The summed E-state index contributed by atoms with van der Waals surface area (Å²) in [5.74, 6) is -1.28. The fraction of sp³-hybridized carbons (Fsp3) is 0.261. The lowest BCUT2D eigenvalue weighted by Gasteiger charge is -2.36. The third kappa shape index (κ3) is 3.43. The first-order valence-corrected chi connectivity index (χ1v) is 10.4. The number of nitrogen functional groups attached to an aromatic ring is 1. The number of carbonyl (C=O) groups is 1. The van der Waals surface area contributed by atoms with E-state index < -0.39 is 35.6 Å². The number of anilines is 1. The molecule has 176 valence electrons. The summed E-state index contributed by atoms with van der Waals surface area (Å²) >= 11 is 0. The summed E-state index contributed by atoms with van der Waals surface area (Å²) in [5, 5.41) is 0. The SMILES string of the molecule is C[C@H]1OCC(N(C)C(=O)c2cc3c(cc2F)nc(N)c2cncn23)c2ccc(C(F)(F)F)cc21. The second kappa shape index (κ2) is 7.66. The Hall–Kier alpha value is -3.73. The Labute approximate surface area is 190 Å². The minimum absolute atomic E-state index is 0.0564.